The molecule has 3 rings (SSSR count). The van der Waals surface area contributed by atoms with E-state index < -0.39 is 5.91 Å². The van der Waals surface area contributed by atoms with Crippen molar-refractivity contribution in [1.82, 2.24) is 19.9 Å². The van der Waals surface area contributed by atoms with Crippen molar-refractivity contribution >= 4 is 28.8 Å². The second-order valence-corrected chi connectivity index (χ2v) is 7.31. The Morgan fingerprint density at radius 2 is 1.94 bits per heavy atom. The molecular weight excluding hydrogens is 398 g/mol. The molecule has 1 saturated carbocycles. The lowest BCUT2D eigenvalue weighted by atomic mass is 9.93. The van der Waals surface area contributed by atoms with Gasteiger partial charge in [-0.1, -0.05) is 0 Å². The highest BCUT2D eigenvalue weighted by Gasteiger charge is 2.21. The second-order valence-electron chi connectivity index (χ2n) is 7.31. The Balaban J connectivity index is 0.000000785. The van der Waals surface area contributed by atoms with Gasteiger partial charge in [0.1, 0.15) is 17.3 Å². The Morgan fingerprint density at radius 3 is 2.45 bits per heavy atom. The first kappa shape index (κ1) is 23.9. The van der Waals surface area contributed by atoms with Crippen LogP contribution in [-0.4, -0.2) is 45.7 Å². The number of carbonyl (C=O) groups excluding carboxylic acids is 1. The van der Waals surface area contributed by atoms with Gasteiger partial charge in [-0.25, -0.2) is 9.97 Å². The number of nitrogens with two attached hydrogens (primary N) is 1. The lowest BCUT2D eigenvalue weighted by molar-refractivity contribution is -0.115. The molecule has 1 aliphatic carbocycles. The van der Waals surface area contributed by atoms with Crippen LogP contribution in [0.2, 0.25) is 0 Å². The van der Waals surface area contributed by atoms with Crippen LogP contribution in [0.5, 0.6) is 0 Å². The molecule has 2 aromatic rings. The quantitative estimate of drug-likeness (QED) is 0.435. The molecule has 0 spiro atoms. The number of hydrogen-bond acceptors (Lipinski definition) is 8. The number of aliphatic hydroxyl groups is 1. The number of nitrogens with one attached hydrogen (secondary N) is 3. The van der Waals surface area contributed by atoms with Gasteiger partial charge in [-0.15, -0.1) is 0 Å². The summed E-state index contributed by atoms with van der Waals surface area (Å²) in [5, 5.41) is 16.5. The maximum Gasteiger partial charge on any atom is 0.274 e. The van der Waals surface area contributed by atoms with E-state index in [0.717, 1.165) is 25.5 Å². The van der Waals surface area contributed by atoms with Gasteiger partial charge in [-0.3, -0.25) is 9.59 Å². The molecule has 0 aliphatic heterocycles. The third kappa shape index (κ3) is 6.29. The van der Waals surface area contributed by atoms with Crippen LogP contribution in [0.4, 0.5) is 17.3 Å². The number of carbonyl (C=O) groups is 1. The topological polar surface area (TPSA) is 147 Å². The Hall–Kier alpha value is -3.40. The Morgan fingerprint density at radius 1 is 1.29 bits per heavy atom. The van der Waals surface area contributed by atoms with Gasteiger partial charge in [0.2, 0.25) is 0 Å². The highest BCUT2D eigenvalue weighted by Crippen LogP contribution is 2.30. The van der Waals surface area contributed by atoms with Crippen molar-refractivity contribution in [2.75, 3.05) is 24.7 Å². The Kier molecular flexibility index (Phi) is 8.56. The number of anilines is 3. The zero-order valence-electron chi connectivity index (χ0n) is 18.3. The molecule has 0 saturated heterocycles. The van der Waals surface area contributed by atoms with Crippen molar-refractivity contribution in [2.45, 2.75) is 45.3 Å². The molecule has 10 heteroatoms. The summed E-state index contributed by atoms with van der Waals surface area (Å²) >= 11 is 0. The SMILES string of the molecule is CC(C)O.CNC(=O)/C(=C/N)c1nc(NC)cc(Nc2cccn(C3CCC3)c2=O)n1. The van der Waals surface area contributed by atoms with Crippen LogP contribution >= 0.6 is 0 Å². The number of pyridine rings is 1. The normalized spacial score (nSPS) is 13.7. The van der Waals surface area contributed by atoms with Gasteiger partial charge in [0, 0.05) is 44.7 Å². The van der Waals surface area contributed by atoms with Gasteiger partial charge < -0.3 is 31.4 Å². The summed E-state index contributed by atoms with van der Waals surface area (Å²) in [6.45, 7) is 3.44. The van der Waals surface area contributed by atoms with Crippen LogP contribution in [0, 0.1) is 0 Å². The minimum atomic E-state index is -0.399. The summed E-state index contributed by atoms with van der Waals surface area (Å²) in [7, 11) is 3.20. The average Bonchev–Trinajstić information content (AvgIpc) is 2.69. The van der Waals surface area contributed by atoms with Gasteiger partial charge >= 0.3 is 0 Å². The number of aromatic nitrogens is 3. The summed E-state index contributed by atoms with van der Waals surface area (Å²) in [5.74, 6) is 0.627. The standard InChI is InChI=1S/C18H23N7O2.C3H8O/c1-20-14-9-15(24-16(23-14)12(10-19)17(26)21-2)22-13-7-4-8-25(18(13)27)11-5-3-6-11;1-3(2)4/h4,7-11H,3,5-6,19H2,1-2H3,(H,21,26)(H2,20,22,23,24);3-4H,1-2H3/b12-10+;. The molecule has 0 atom stereocenters. The highest BCUT2D eigenvalue weighted by atomic mass is 16.3. The van der Waals surface area contributed by atoms with E-state index in [-0.39, 0.29) is 29.1 Å². The van der Waals surface area contributed by atoms with Gasteiger partial charge in [-0.2, -0.15) is 0 Å². The molecule has 1 amide bonds. The first-order valence-corrected chi connectivity index (χ1v) is 10.2. The van der Waals surface area contributed by atoms with Crippen LogP contribution in [-0.2, 0) is 4.79 Å². The Labute approximate surface area is 181 Å². The molecule has 1 fully saturated rings. The summed E-state index contributed by atoms with van der Waals surface area (Å²) in [4.78, 5) is 33.3. The van der Waals surface area contributed by atoms with E-state index in [2.05, 4.69) is 25.9 Å². The molecule has 6 N–H and O–H groups in total. The number of rotatable bonds is 6. The van der Waals surface area contributed by atoms with Gasteiger partial charge in [0.15, 0.2) is 5.82 Å². The zero-order valence-corrected chi connectivity index (χ0v) is 18.3. The van der Waals surface area contributed by atoms with E-state index in [0.29, 0.717) is 17.3 Å². The monoisotopic (exact) mass is 429 g/mol. The summed E-state index contributed by atoms with van der Waals surface area (Å²) in [6.07, 6.45) is 5.97. The Bertz CT molecular complexity index is 978. The number of amides is 1. The molecule has 2 aromatic heterocycles. The van der Waals surface area contributed by atoms with E-state index in [1.54, 1.807) is 37.6 Å². The van der Waals surface area contributed by atoms with Gasteiger partial charge in [0.25, 0.3) is 11.5 Å². The van der Waals surface area contributed by atoms with Crippen molar-refractivity contribution in [1.29, 1.82) is 0 Å². The number of nitrogens with zero attached hydrogens (tertiary/aromatic N) is 3. The number of hydrogen-bond donors (Lipinski definition) is 5. The molecule has 0 bridgehead atoms. The molecule has 31 heavy (non-hydrogen) atoms. The summed E-state index contributed by atoms with van der Waals surface area (Å²) in [6, 6.07) is 5.45. The van der Waals surface area contributed by atoms with Crippen LogP contribution in [0.1, 0.15) is 45.0 Å². The lowest BCUT2D eigenvalue weighted by Crippen LogP contribution is -2.29. The van der Waals surface area contributed by atoms with E-state index in [1.165, 1.54) is 7.05 Å². The fraction of sp³-hybridized carbons (Fsp3) is 0.429. The third-order valence-electron chi connectivity index (χ3n) is 4.57. The summed E-state index contributed by atoms with van der Waals surface area (Å²) in [5.41, 5.74) is 6.02. The van der Waals surface area contributed by atoms with E-state index in [4.69, 9.17) is 10.8 Å². The van der Waals surface area contributed by atoms with Crippen molar-refractivity contribution in [3.05, 3.63) is 46.8 Å². The van der Waals surface area contributed by atoms with Crippen molar-refractivity contribution in [2.24, 2.45) is 5.73 Å². The lowest BCUT2D eigenvalue weighted by Gasteiger charge is -2.27. The maximum absolute atomic E-state index is 12.7. The average molecular weight is 430 g/mol. The molecule has 0 aromatic carbocycles. The maximum atomic E-state index is 12.7. The summed E-state index contributed by atoms with van der Waals surface area (Å²) < 4.78 is 1.75. The van der Waals surface area contributed by atoms with E-state index in [9.17, 15) is 9.59 Å². The molecule has 168 valence electrons. The predicted molar refractivity (Wildman–Crippen MR) is 122 cm³/mol. The fourth-order valence-electron chi connectivity index (χ4n) is 2.84. The fourth-order valence-corrected chi connectivity index (χ4v) is 2.84. The van der Waals surface area contributed by atoms with Crippen LogP contribution in [0.25, 0.3) is 5.57 Å². The molecule has 1 aliphatic rings. The van der Waals surface area contributed by atoms with Gasteiger partial charge in [-0.05, 0) is 45.2 Å². The predicted octanol–water partition coefficient (Wildman–Crippen LogP) is 1.58. The van der Waals surface area contributed by atoms with Crippen molar-refractivity contribution < 1.29 is 9.90 Å². The number of likely N-dealkylation sites (N-methyl/N-ethyl adjacent to an activating group) is 1. The highest BCUT2D eigenvalue weighted by molar-refractivity contribution is 6.18. The van der Waals surface area contributed by atoms with Crippen LogP contribution in [0.3, 0.4) is 0 Å². The van der Waals surface area contributed by atoms with E-state index in [1.807, 2.05) is 12.3 Å². The second kappa shape index (κ2) is 11.1. The van der Waals surface area contributed by atoms with Crippen LogP contribution < -0.4 is 27.2 Å². The third-order valence-corrected chi connectivity index (χ3v) is 4.57. The molecule has 0 unspecified atom stereocenters. The largest absolute Gasteiger partial charge is 0.404 e. The molecular formula is C21H31N7O3. The van der Waals surface area contributed by atoms with Crippen molar-refractivity contribution in [3.63, 3.8) is 0 Å². The number of aliphatic hydroxyl groups excluding tert-OH is 1. The van der Waals surface area contributed by atoms with Crippen molar-refractivity contribution in [3.8, 4) is 0 Å². The molecule has 2 heterocycles. The minimum absolute atomic E-state index is 0.103. The van der Waals surface area contributed by atoms with Crippen LogP contribution in [0.15, 0.2) is 35.4 Å². The minimum Gasteiger partial charge on any atom is -0.404 e. The van der Waals surface area contributed by atoms with E-state index >= 15 is 0 Å². The smallest absolute Gasteiger partial charge is 0.274 e. The molecule has 0 radical (unpaired) electrons. The first-order chi connectivity index (χ1) is 14.8. The zero-order chi connectivity index (χ0) is 23.0. The van der Waals surface area contributed by atoms with Gasteiger partial charge in [0.05, 0.1) is 5.57 Å². The molecule has 10 nitrogen and oxygen atoms in total. The first-order valence-electron chi connectivity index (χ1n) is 10.2.